The van der Waals surface area contributed by atoms with Crippen molar-refractivity contribution in [2.24, 2.45) is 0 Å². The number of hydrogen-bond donors (Lipinski definition) is 0. The molecule has 3 heteroatoms. The molecule has 0 bridgehead atoms. The summed E-state index contributed by atoms with van der Waals surface area (Å²) < 4.78 is 6.37. The summed E-state index contributed by atoms with van der Waals surface area (Å²) >= 11 is 0. The van der Waals surface area contributed by atoms with Crippen molar-refractivity contribution in [3.05, 3.63) is 0 Å². The third kappa shape index (κ3) is 2.70. The van der Waals surface area contributed by atoms with Gasteiger partial charge in [0.05, 0.1) is 5.60 Å². The minimum Gasteiger partial charge on any atom is -0.411 e. The van der Waals surface area contributed by atoms with E-state index in [1.165, 1.54) is 6.42 Å². The van der Waals surface area contributed by atoms with Crippen LogP contribution in [-0.2, 0) is 9.22 Å². The van der Waals surface area contributed by atoms with E-state index in [9.17, 15) is 4.79 Å². The summed E-state index contributed by atoms with van der Waals surface area (Å²) in [6.45, 7) is 11.3. The van der Waals surface area contributed by atoms with Crippen molar-refractivity contribution in [3.63, 3.8) is 0 Å². The van der Waals surface area contributed by atoms with Crippen LogP contribution >= 0.6 is 0 Å². The molecule has 1 rings (SSSR count). The van der Waals surface area contributed by atoms with E-state index < -0.39 is 8.32 Å². The second kappa shape index (κ2) is 4.02. The maximum Gasteiger partial charge on any atom is 0.192 e. The van der Waals surface area contributed by atoms with Crippen LogP contribution in [0.2, 0.25) is 18.1 Å². The monoisotopic (exact) mass is 228 g/mol. The fourth-order valence-electron chi connectivity index (χ4n) is 1.77. The lowest BCUT2D eigenvalue weighted by Crippen LogP contribution is -2.53. The number of rotatable bonds is 4. The van der Waals surface area contributed by atoms with Crippen LogP contribution in [0.15, 0.2) is 0 Å². The number of aldehydes is 1. The molecule has 1 aliphatic rings. The summed E-state index contributed by atoms with van der Waals surface area (Å²) in [7, 11) is -1.71. The highest BCUT2D eigenvalue weighted by Gasteiger charge is 2.47. The minimum absolute atomic E-state index is 0.0925. The Balaban J connectivity index is 2.70. The van der Waals surface area contributed by atoms with E-state index in [2.05, 4.69) is 33.9 Å². The molecule has 1 fully saturated rings. The van der Waals surface area contributed by atoms with Crippen LogP contribution in [0, 0.1) is 0 Å². The van der Waals surface area contributed by atoms with Crippen LogP contribution in [0.3, 0.4) is 0 Å². The third-order valence-corrected chi connectivity index (χ3v) is 8.55. The molecule has 0 radical (unpaired) electrons. The molecule has 0 aromatic carbocycles. The number of hydrogen-bond acceptors (Lipinski definition) is 2. The van der Waals surface area contributed by atoms with Crippen molar-refractivity contribution in [2.45, 2.75) is 70.2 Å². The molecule has 0 amide bonds. The average molecular weight is 228 g/mol. The fourth-order valence-corrected chi connectivity index (χ4v) is 3.44. The minimum atomic E-state index is -1.71. The van der Waals surface area contributed by atoms with Crippen molar-refractivity contribution < 1.29 is 9.22 Å². The molecule has 0 aliphatic heterocycles. The normalized spacial score (nSPS) is 20.9. The standard InChI is InChI=1S/C12H24O2Si/c1-11(2,3)15(4,5)14-12(9-10-13)7-6-8-12/h10H,6-9H2,1-5H3. The maximum atomic E-state index is 10.7. The predicted octanol–water partition coefficient (Wildman–Crippen LogP) is 3.52. The summed E-state index contributed by atoms with van der Waals surface area (Å²) in [6, 6.07) is 0. The van der Waals surface area contributed by atoms with Gasteiger partial charge in [-0.2, -0.15) is 0 Å². The molecule has 0 aromatic rings. The summed E-state index contributed by atoms with van der Waals surface area (Å²) in [4.78, 5) is 10.7. The Hall–Kier alpha value is -0.153. The van der Waals surface area contributed by atoms with Crippen LogP contribution in [0.1, 0.15) is 46.5 Å². The Kier molecular flexibility index (Phi) is 3.46. The summed E-state index contributed by atoms with van der Waals surface area (Å²) in [5.41, 5.74) is -0.0925. The van der Waals surface area contributed by atoms with Crippen LogP contribution < -0.4 is 0 Å². The zero-order valence-electron chi connectivity index (χ0n) is 10.7. The second-order valence-corrected chi connectivity index (χ2v) is 11.0. The highest BCUT2D eigenvalue weighted by Crippen LogP contribution is 2.46. The largest absolute Gasteiger partial charge is 0.411 e. The molecule has 0 atom stereocenters. The number of carbonyl (C=O) groups is 1. The van der Waals surface area contributed by atoms with E-state index in [-0.39, 0.29) is 10.6 Å². The zero-order chi connectivity index (χ0) is 11.7. The maximum absolute atomic E-state index is 10.7. The molecule has 2 nitrogen and oxygen atoms in total. The topological polar surface area (TPSA) is 26.3 Å². The first-order valence-corrected chi connectivity index (χ1v) is 8.77. The molecule has 0 unspecified atom stereocenters. The molecule has 15 heavy (non-hydrogen) atoms. The quantitative estimate of drug-likeness (QED) is 0.543. The second-order valence-electron chi connectivity index (χ2n) is 6.27. The highest BCUT2D eigenvalue weighted by atomic mass is 28.4. The van der Waals surface area contributed by atoms with E-state index in [0.717, 1.165) is 19.1 Å². The van der Waals surface area contributed by atoms with Crippen LogP contribution in [0.25, 0.3) is 0 Å². The lowest BCUT2D eigenvalue weighted by Gasteiger charge is -2.49. The molecule has 1 saturated carbocycles. The van der Waals surface area contributed by atoms with Gasteiger partial charge in [-0.15, -0.1) is 0 Å². The molecule has 0 heterocycles. The fraction of sp³-hybridized carbons (Fsp3) is 0.917. The Labute approximate surface area is 94.5 Å². The van der Waals surface area contributed by atoms with E-state index in [1.54, 1.807) is 0 Å². The Morgan fingerprint density at radius 2 is 1.87 bits per heavy atom. The Morgan fingerprint density at radius 1 is 1.33 bits per heavy atom. The van der Waals surface area contributed by atoms with Gasteiger partial charge in [0, 0.05) is 6.42 Å². The van der Waals surface area contributed by atoms with Gasteiger partial charge in [0.15, 0.2) is 8.32 Å². The first-order valence-electron chi connectivity index (χ1n) is 5.86. The van der Waals surface area contributed by atoms with Gasteiger partial charge in [-0.1, -0.05) is 20.8 Å². The Morgan fingerprint density at radius 3 is 2.13 bits per heavy atom. The first kappa shape index (κ1) is 12.9. The Bertz CT molecular complexity index is 236. The average Bonchev–Trinajstić information content (AvgIpc) is 1.98. The molecular weight excluding hydrogens is 204 g/mol. The molecule has 0 aromatic heterocycles. The lowest BCUT2D eigenvalue weighted by molar-refractivity contribution is -0.115. The predicted molar refractivity (Wildman–Crippen MR) is 65.5 cm³/mol. The van der Waals surface area contributed by atoms with E-state index in [4.69, 9.17) is 4.43 Å². The number of carbonyl (C=O) groups excluding carboxylic acids is 1. The van der Waals surface area contributed by atoms with E-state index >= 15 is 0 Å². The molecule has 88 valence electrons. The SMILES string of the molecule is CC(C)(C)[Si](C)(C)OC1(CC=O)CCC1. The molecule has 0 spiro atoms. The van der Waals surface area contributed by atoms with E-state index in [0.29, 0.717) is 6.42 Å². The highest BCUT2D eigenvalue weighted by molar-refractivity contribution is 6.74. The smallest absolute Gasteiger partial charge is 0.192 e. The van der Waals surface area contributed by atoms with Gasteiger partial charge in [-0.05, 0) is 37.4 Å². The van der Waals surface area contributed by atoms with Gasteiger partial charge >= 0.3 is 0 Å². The third-order valence-electron chi connectivity index (χ3n) is 4.00. The van der Waals surface area contributed by atoms with Crippen molar-refractivity contribution in [1.82, 2.24) is 0 Å². The summed E-state index contributed by atoms with van der Waals surface area (Å²) in [6.07, 6.45) is 4.95. The van der Waals surface area contributed by atoms with Gasteiger partial charge in [0.1, 0.15) is 6.29 Å². The van der Waals surface area contributed by atoms with Crippen molar-refractivity contribution in [3.8, 4) is 0 Å². The molecule has 0 saturated heterocycles. The molecule has 1 aliphatic carbocycles. The van der Waals surface area contributed by atoms with Gasteiger partial charge in [-0.3, -0.25) is 0 Å². The van der Waals surface area contributed by atoms with Crippen molar-refractivity contribution >= 4 is 14.6 Å². The van der Waals surface area contributed by atoms with Gasteiger partial charge in [-0.25, -0.2) is 0 Å². The lowest BCUT2D eigenvalue weighted by atomic mass is 9.78. The van der Waals surface area contributed by atoms with Crippen LogP contribution in [0.4, 0.5) is 0 Å². The van der Waals surface area contributed by atoms with Crippen LogP contribution in [0.5, 0.6) is 0 Å². The van der Waals surface area contributed by atoms with Crippen molar-refractivity contribution in [2.75, 3.05) is 0 Å². The van der Waals surface area contributed by atoms with Gasteiger partial charge in [0.2, 0.25) is 0 Å². The summed E-state index contributed by atoms with van der Waals surface area (Å²) in [5, 5.41) is 0.235. The van der Waals surface area contributed by atoms with Crippen molar-refractivity contribution in [1.29, 1.82) is 0 Å². The van der Waals surface area contributed by atoms with Gasteiger partial charge < -0.3 is 9.22 Å². The summed E-state index contributed by atoms with van der Waals surface area (Å²) in [5.74, 6) is 0. The van der Waals surface area contributed by atoms with E-state index in [1.807, 2.05) is 0 Å². The van der Waals surface area contributed by atoms with Crippen LogP contribution in [-0.4, -0.2) is 20.2 Å². The molecular formula is C12H24O2Si. The zero-order valence-corrected chi connectivity index (χ0v) is 11.7. The molecule has 0 N–H and O–H groups in total. The first-order chi connectivity index (χ1) is 6.72. The van der Waals surface area contributed by atoms with Gasteiger partial charge in [0.25, 0.3) is 0 Å².